The fourth-order valence-corrected chi connectivity index (χ4v) is 6.19. The smallest absolute Gasteiger partial charge is 0.221 e. The first-order valence-electron chi connectivity index (χ1n) is 14.7. The second-order valence-electron chi connectivity index (χ2n) is 10.5. The summed E-state index contributed by atoms with van der Waals surface area (Å²) in [7, 11) is -1.08. The largest absolute Gasteiger partial charge is 0.494 e. The molecule has 1 N–H and O–H groups in total. The summed E-state index contributed by atoms with van der Waals surface area (Å²) in [4.78, 5) is 16.5. The molecule has 1 amide bonds. The first-order chi connectivity index (χ1) is 19.0. The molecule has 0 aromatic heterocycles. The first kappa shape index (κ1) is 30.9. The number of aliphatic imine (C=N–C) groups is 1. The van der Waals surface area contributed by atoms with Crippen LogP contribution in [0.2, 0.25) is 0 Å². The van der Waals surface area contributed by atoms with Gasteiger partial charge in [0.2, 0.25) is 5.91 Å². The van der Waals surface area contributed by atoms with E-state index in [0.717, 1.165) is 60.4 Å². The molecule has 0 saturated carbocycles. The normalized spacial score (nSPS) is 14.3. The SMILES string of the molecule is CCCCCCC1(CCCCCC)OC=Nc2ccc(OCCCCS(=O)c3ccc(NC(C)=O)cc3)cc21. The molecule has 1 heterocycles. The molecule has 214 valence electrons. The van der Waals surface area contributed by atoms with E-state index in [9.17, 15) is 9.00 Å². The van der Waals surface area contributed by atoms with Gasteiger partial charge in [-0.2, -0.15) is 0 Å². The number of anilines is 1. The molecule has 1 unspecified atom stereocenters. The Bertz CT molecular complexity index is 1070. The van der Waals surface area contributed by atoms with E-state index < -0.39 is 10.8 Å². The Labute approximate surface area is 237 Å². The maximum absolute atomic E-state index is 12.7. The Balaban J connectivity index is 1.55. The van der Waals surface area contributed by atoms with Crippen molar-refractivity contribution in [3.63, 3.8) is 0 Å². The second-order valence-corrected chi connectivity index (χ2v) is 12.0. The summed E-state index contributed by atoms with van der Waals surface area (Å²) in [5.74, 6) is 1.30. The average Bonchev–Trinajstić information content (AvgIpc) is 2.93. The number of carbonyl (C=O) groups excluding carboxylic acids is 1. The van der Waals surface area contributed by atoms with Gasteiger partial charge in [-0.1, -0.05) is 52.4 Å². The molecule has 6 nitrogen and oxygen atoms in total. The van der Waals surface area contributed by atoms with Crippen molar-refractivity contribution in [2.75, 3.05) is 17.7 Å². The minimum atomic E-state index is -1.08. The molecule has 0 aliphatic carbocycles. The van der Waals surface area contributed by atoms with Crippen molar-refractivity contribution in [2.45, 2.75) is 108 Å². The van der Waals surface area contributed by atoms with Gasteiger partial charge in [0.1, 0.15) is 11.4 Å². The Morgan fingerprint density at radius 2 is 1.62 bits per heavy atom. The maximum Gasteiger partial charge on any atom is 0.221 e. The van der Waals surface area contributed by atoms with Crippen molar-refractivity contribution >= 4 is 34.5 Å². The van der Waals surface area contributed by atoms with E-state index in [1.54, 1.807) is 18.5 Å². The molecule has 1 aliphatic heterocycles. The minimum Gasteiger partial charge on any atom is -0.494 e. The zero-order chi connectivity index (χ0) is 27.9. The van der Waals surface area contributed by atoms with Crippen molar-refractivity contribution < 1.29 is 18.5 Å². The predicted octanol–water partition coefficient (Wildman–Crippen LogP) is 8.44. The summed E-state index contributed by atoms with van der Waals surface area (Å²) < 4.78 is 25.1. The number of rotatable bonds is 18. The number of hydrogen-bond acceptors (Lipinski definition) is 5. The third-order valence-electron chi connectivity index (χ3n) is 7.23. The van der Waals surface area contributed by atoms with Gasteiger partial charge >= 0.3 is 0 Å². The summed E-state index contributed by atoms with van der Waals surface area (Å²) in [6, 6.07) is 13.4. The van der Waals surface area contributed by atoms with Crippen molar-refractivity contribution in [2.24, 2.45) is 4.99 Å². The van der Waals surface area contributed by atoms with Gasteiger partial charge in [0.25, 0.3) is 0 Å². The van der Waals surface area contributed by atoms with Crippen LogP contribution in [0.15, 0.2) is 52.4 Å². The second kappa shape index (κ2) is 16.4. The van der Waals surface area contributed by atoms with Crippen LogP contribution in [0.3, 0.4) is 0 Å². The van der Waals surface area contributed by atoms with E-state index >= 15 is 0 Å². The lowest BCUT2D eigenvalue weighted by atomic mass is 9.81. The van der Waals surface area contributed by atoms with Crippen molar-refractivity contribution in [1.82, 2.24) is 0 Å². The van der Waals surface area contributed by atoms with Gasteiger partial charge < -0.3 is 14.8 Å². The van der Waals surface area contributed by atoms with E-state index in [0.29, 0.717) is 18.0 Å². The number of nitrogens with one attached hydrogen (secondary N) is 1. The summed E-state index contributed by atoms with van der Waals surface area (Å²) >= 11 is 0. The van der Waals surface area contributed by atoms with Crippen molar-refractivity contribution in [3.05, 3.63) is 48.0 Å². The van der Waals surface area contributed by atoms with Crippen LogP contribution in [0.4, 0.5) is 11.4 Å². The van der Waals surface area contributed by atoms with E-state index in [-0.39, 0.29) is 11.5 Å². The third kappa shape index (κ3) is 9.79. The molecule has 0 radical (unpaired) electrons. The zero-order valence-electron chi connectivity index (χ0n) is 24.0. The molecular weight excluding hydrogens is 508 g/mol. The highest BCUT2D eigenvalue weighted by Crippen LogP contribution is 2.45. The van der Waals surface area contributed by atoms with Crippen LogP contribution in [0.5, 0.6) is 5.75 Å². The molecule has 2 aromatic carbocycles. The number of fused-ring (bicyclic) bond motifs is 1. The Morgan fingerprint density at radius 1 is 0.923 bits per heavy atom. The molecule has 1 aliphatic rings. The molecule has 1 atom stereocenters. The number of ether oxygens (including phenoxy) is 2. The fourth-order valence-electron chi connectivity index (χ4n) is 5.05. The molecule has 0 fully saturated rings. The van der Waals surface area contributed by atoms with E-state index in [1.807, 2.05) is 18.2 Å². The van der Waals surface area contributed by atoms with Gasteiger partial charge in [-0.3, -0.25) is 9.00 Å². The number of nitrogens with zero attached hydrogens (tertiary/aromatic N) is 1. The molecule has 2 aromatic rings. The van der Waals surface area contributed by atoms with Crippen LogP contribution in [0.1, 0.15) is 103 Å². The highest BCUT2D eigenvalue weighted by atomic mass is 32.2. The van der Waals surface area contributed by atoms with Crippen molar-refractivity contribution in [1.29, 1.82) is 0 Å². The average molecular weight is 555 g/mol. The highest BCUT2D eigenvalue weighted by molar-refractivity contribution is 7.85. The van der Waals surface area contributed by atoms with Gasteiger partial charge in [-0.15, -0.1) is 0 Å². The molecule has 0 saturated heterocycles. The lowest BCUT2D eigenvalue weighted by Gasteiger charge is -2.37. The summed E-state index contributed by atoms with van der Waals surface area (Å²) in [6.07, 6.45) is 15.0. The molecule has 0 bridgehead atoms. The standard InChI is InChI=1S/C32H46N2O4S/c1-4-6-8-10-20-32(21-11-9-7-5-2)30-24-28(16-19-31(30)33-25-38-32)37-22-12-13-23-39(36)29-17-14-27(15-18-29)34-26(3)35/h14-19,24-25H,4-13,20-23H2,1-3H3,(H,34,35). The Hall–Kier alpha value is -2.67. The molecular formula is C32H46N2O4S. The van der Waals surface area contributed by atoms with E-state index in [4.69, 9.17) is 9.47 Å². The van der Waals surface area contributed by atoms with Crippen LogP contribution >= 0.6 is 0 Å². The number of carbonyl (C=O) groups is 1. The number of hydrogen-bond donors (Lipinski definition) is 1. The number of benzene rings is 2. The third-order valence-corrected chi connectivity index (χ3v) is 8.69. The number of amides is 1. The topological polar surface area (TPSA) is 77.0 Å². The van der Waals surface area contributed by atoms with Crippen molar-refractivity contribution in [3.8, 4) is 5.75 Å². The number of unbranched alkanes of at least 4 members (excludes halogenated alkanes) is 7. The quantitative estimate of drug-likeness (QED) is 0.188. The monoisotopic (exact) mass is 554 g/mol. The lowest BCUT2D eigenvalue weighted by Crippen LogP contribution is -2.31. The predicted molar refractivity (Wildman–Crippen MR) is 162 cm³/mol. The van der Waals surface area contributed by atoms with Crippen LogP contribution in [0.25, 0.3) is 0 Å². The summed E-state index contributed by atoms with van der Waals surface area (Å²) in [6.45, 7) is 6.53. The van der Waals surface area contributed by atoms with Gasteiger partial charge in [-0.05, 0) is 81.0 Å². The molecule has 39 heavy (non-hydrogen) atoms. The molecule has 7 heteroatoms. The van der Waals surface area contributed by atoms with Gasteiger partial charge in [-0.25, -0.2) is 4.99 Å². The fraction of sp³-hybridized carbons (Fsp3) is 0.562. The highest BCUT2D eigenvalue weighted by Gasteiger charge is 2.37. The maximum atomic E-state index is 12.7. The Kier molecular flexibility index (Phi) is 13.0. The summed E-state index contributed by atoms with van der Waals surface area (Å²) in [5, 5.41) is 2.73. The lowest BCUT2D eigenvalue weighted by molar-refractivity contribution is -0.114. The first-order valence-corrected chi connectivity index (χ1v) is 16.0. The van der Waals surface area contributed by atoms with E-state index in [1.165, 1.54) is 45.4 Å². The minimum absolute atomic E-state index is 0.118. The van der Waals surface area contributed by atoms with Crippen LogP contribution < -0.4 is 10.1 Å². The van der Waals surface area contributed by atoms with Gasteiger partial charge in [0.05, 0.1) is 23.1 Å². The Morgan fingerprint density at radius 3 is 2.26 bits per heavy atom. The van der Waals surface area contributed by atoms with Crippen LogP contribution in [-0.4, -0.2) is 28.9 Å². The van der Waals surface area contributed by atoms with Gasteiger partial charge in [0.15, 0.2) is 6.40 Å². The van der Waals surface area contributed by atoms with Crippen LogP contribution in [-0.2, 0) is 25.9 Å². The summed E-state index contributed by atoms with van der Waals surface area (Å²) in [5.41, 5.74) is 2.52. The van der Waals surface area contributed by atoms with Gasteiger partial charge in [0, 0.05) is 28.8 Å². The van der Waals surface area contributed by atoms with E-state index in [2.05, 4.69) is 36.3 Å². The van der Waals surface area contributed by atoms with Crippen LogP contribution in [0, 0.1) is 0 Å². The zero-order valence-corrected chi connectivity index (χ0v) is 24.8. The molecule has 0 spiro atoms. The molecule has 3 rings (SSSR count).